The van der Waals surface area contributed by atoms with E-state index in [-0.39, 0.29) is 18.0 Å². The van der Waals surface area contributed by atoms with E-state index in [4.69, 9.17) is 4.42 Å². The van der Waals surface area contributed by atoms with Crippen molar-refractivity contribution >= 4 is 15.6 Å². The summed E-state index contributed by atoms with van der Waals surface area (Å²) in [7, 11) is -3.61. The van der Waals surface area contributed by atoms with Crippen LogP contribution in [0.25, 0.3) is 11.5 Å². The highest BCUT2D eigenvalue weighted by molar-refractivity contribution is 7.91. The number of benzene rings is 1. The first-order chi connectivity index (χ1) is 13.8. The molecule has 0 N–H and O–H groups in total. The molecular weight excluding hydrogens is 388 g/mol. The number of hydrogen-bond donors (Lipinski definition) is 0. The number of nitrogens with zero attached hydrogens (tertiary/aromatic N) is 2. The SMILES string of the molecule is Cc1ccc(-c2nc(CS(=O)(=O)CC(=O)CCCc3ccncc3)c(C)o2)cc1. The summed E-state index contributed by atoms with van der Waals surface area (Å²) in [6.45, 7) is 3.67. The number of aryl methyl sites for hydroxylation is 3. The highest BCUT2D eigenvalue weighted by Gasteiger charge is 2.22. The highest BCUT2D eigenvalue weighted by Crippen LogP contribution is 2.23. The van der Waals surface area contributed by atoms with E-state index in [1.165, 1.54) is 0 Å². The minimum atomic E-state index is -3.61. The molecule has 2 aromatic heterocycles. The van der Waals surface area contributed by atoms with Crippen LogP contribution in [-0.2, 0) is 26.8 Å². The third kappa shape index (κ3) is 6.09. The number of sulfone groups is 1. The number of hydrogen-bond acceptors (Lipinski definition) is 6. The quantitative estimate of drug-likeness (QED) is 0.530. The molecule has 0 atom stereocenters. The van der Waals surface area contributed by atoms with E-state index in [0.717, 1.165) is 23.1 Å². The smallest absolute Gasteiger partial charge is 0.226 e. The molecule has 0 amide bonds. The Balaban J connectivity index is 1.57. The van der Waals surface area contributed by atoms with Crippen LogP contribution in [0, 0.1) is 13.8 Å². The van der Waals surface area contributed by atoms with E-state index in [2.05, 4.69) is 9.97 Å². The predicted octanol–water partition coefficient (Wildman–Crippen LogP) is 3.86. The number of carbonyl (C=O) groups is 1. The van der Waals surface area contributed by atoms with E-state index >= 15 is 0 Å². The number of aromatic nitrogens is 2. The standard InChI is InChI=1S/C22H24N2O4S/c1-16-6-8-19(9-7-16)22-24-21(17(2)28-22)15-29(26,27)14-20(25)5-3-4-18-10-12-23-13-11-18/h6-13H,3-5,14-15H2,1-2H3. The number of pyridine rings is 1. The van der Waals surface area contributed by atoms with Crippen LogP contribution in [0.4, 0.5) is 0 Å². The summed E-state index contributed by atoms with van der Waals surface area (Å²) < 4.78 is 30.6. The van der Waals surface area contributed by atoms with E-state index in [1.54, 1.807) is 19.3 Å². The zero-order chi connectivity index (χ0) is 20.9. The van der Waals surface area contributed by atoms with Crippen molar-refractivity contribution in [3.8, 4) is 11.5 Å². The van der Waals surface area contributed by atoms with Crippen molar-refractivity contribution in [3.63, 3.8) is 0 Å². The monoisotopic (exact) mass is 412 g/mol. The summed E-state index contributed by atoms with van der Waals surface area (Å²) in [6.07, 6.45) is 4.96. The maximum Gasteiger partial charge on any atom is 0.226 e. The first kappa shape index (κ1) is 20.9. The van der Waals surface area contributed by atoms with Crippen molar-refractivity contribution in [1.82, 2.24) is 9.97 Å². The lowest BCUT2D eigenvalue weighted by atomic mass is 10.1. The number of rotatable bonds is 9. The van der Waals surface area contributed by atoms with Crippen LogP contribution in [0.3, 0.4) is 0 Å². The molecule has 3 aromatic rings. The minimum absolute atomic E-state index is 0.230. The summed E-state index contributed by atoms with van der Waals surface area (Å²) >= 11 is 0. The topological polar surface area (TPSA) is 90.1 Å². The van der Waals surface area contributed by atoms with Crippen LogP contribution in [0.5, 0.6) is 0 Å². The van der Waals surface area contributed by atoms with Gasteiger partial charge in [-0.2, -0.15) is 0 Å². The second kappa shape index (κ2) is 9.13. The van der Waals surface area contributed by atoms with Gasteiger partial charge in [-0.25, -0.2) is 13.4 Å². The van der Waals surface area contributed by atoms with Gasteiger partial charge in [0.1, 0.15) is 17.3 Å². The molecule has 0 aliphatic rings. The van der Waals surface area contributed by atoms with Gasteiger partial charge in [0, 0.05) is 24.4 Å². The third-order valence-corrected chi connectivity index (χ3v) is 6.07. The molecule has 29 heavy (non-hydrogen) atoms. The highest BCUT2D eigenvalue weighted by atomic mass is 32.2. The van der Waals surface area contributed by atoms with Gasteiger partial charge < -0.3 is 4.42 Å². The summed E-state index contributed by atoms with van der Waals surface area (Å²) in [4.78, 5) is 20.4. The van der Waals surface area contributed by atoms with E-state index < -0.39 is 15.6 Å². The summed E-state index contributed by atoms with van der Waals surface area (Å²) in [6, 6.07) is 11.4. The molecule has 0 bridgehead atoms. The molecule has 0 radical (unpaired) electrons. The van der Waals surface area contributed by atoms with Gasteiger partial charge in [-0.15, -0.1) is 0 Å². The molecule has 0 aliphatic carbocycles. The number of ketones is 1. The Labute approximate surface area is 170 Å². The lowest BCUT2D eigenvalue weighted by Crippen LogP contribution is -2.18. The van der Waals surface area contributed by atoms with Gasteiger partial charge in [0.15, 0.2) is 9.84 Å². The maximum absolute atomic E-state index is 12.5. The average Bonchev–Trinajstić information content (AvgIpc) is 3.02. The predicted molar refractivity (Wildman–Crippen MR) is 111 cm³/mol. The lowest BCUT2D eigenvalue weighted by Gasteiger charge is -2.03. The number of oxazole rings is 1. The van der Waals surface area contributed by atoms with Gasteiger partial charge in [0.05, 0.1) is 11.4 Å². The number of carbonyl (C=O) groups excluding carboxylic acids is 1. The van der Waals surface area contributed by atoms with E-state index in [1.807, 2.05) is 43.3 Å². The zero-order valence-corrected chi connectivity index (χ0v) is 17.4. The van der Waals surface area contributed by atoms with Crippen LogP contribution in [0.2, 0.25) is 0 Å². The molecule has 152 valence electrons. The van der Waals surface area contributed by atoms with Crippen LogP contribution < -0.4 is 0 Å². The molecule has 2 heterocycles. The second-order valence-electron chi connectivity index (χ2n) is 7.17. The summed E-state index contributed by atoms with van der Waals surface area (Å²) in [5, 5.41) is 0. The maximum atomic E-state index is 12.5. The number of Topliss-reactive ketones (excluding diaryl/α,β-unsaturated/α-hetero) is 1. The molecular formula is C22H24N2O4S. The molecule has 0 unspecified atom stereocenters. The van der Waals surface area contributed by atoms with Gasteiger partial charge in [0.2, 0.25) is 5.89 Å². The Kier molecular flexibility index (Phi) is 6.59. The normalized spacial score (nSPS) is 11.5. The lowest BCUT2D eigenvalue weighted by molar-refractivity contribution is -0.116. The molecule has 7 heteroatoms. The van der Waals surface area contributed by atoms with Crippen LogP contribution in [0.1, 0.15) is 35.4 Å². The Morgan fingerprint density at radius 2 is 1.72 bits per heavy atom. The molecule has 0 saturated carbocycles. The van der Waals surface area contributed by atoms with E-state index in [0.29, 0.717) is 23.8 Å². The first-order valence-electron chi connectivity index (χ1n) is 9.47. The Bertz CT molecular complexity index is 1070. The fourth-order valence-corrected chi connectivity index (χ4v) is 4.42. The van der Waals surface area contributed by atoms with Crippen molar-refractivity contribution in [2.24, 2.45) is 0 Å². The molecule has 1 aromatic carbocycles. The molecule has 3 rings (SSSR count). The van der Waals surface area contributed by atoms with Crippen LogP contribution >= 0.6 is 0 Å². The van der Waals surface area contributed by atoms with Crippen molar-refractivity contribution in [1.29, 1.82) is 0 Å². The first-order valence-corrected chi connectivity index (χ1v) is 11.3. The summed E-state index contributed by atoms with van der Waals surface area (Å²) in [5.41, 5.74) is 3.33. The Hall–Kier alpha value is -2.80. The van der Waals surface area contributed by atoms with Crippen LogP contribution in [-0.4, -0.2) is 29.9 Å². The van der Waals surface area contributed by atoms with Crippen LogP contribution in [0.15, 0.2) is 53.2 Å². The van der Waals surface area contributed by atoms with Gasteiger partial charge in [-0.1, -0.05) is 17.7 Å². The minimum Gasteiger partial charge on any atom is -0.441 e. The summed E-state index contributed by atoms with van der Waals surface area (Å²) in [5.74, 6) is -0.218. The molecule has 0 spiro atoms. The fraction of sp³-hybridized carbons (Fsp3) is 0.318. The third-order valence-electron chi connectivity index (χ3n) is 4.60. The fourth-order valence-electron chi connectivity index (χ4n) is 3.00. The second-order valence-corrected chi connectivity index (χ2v) is 9.23. The zero-order valence-electron chi connectivity index (χ0n) is 16.6. The van der Waals surface area contributed by atoms with Crippen molar-refractivity contribution in [2.75, 3.05) is 5.75 Å². The van der Waals surface area contributed by atoms with E-state index in [9.17, 15) is 13.2 Å². The Morgan fingerprint density at radius 1 is 1.03 bits per heavy atom. The van der Waals surface area contributed by atoms with Gasteiger partial charge in [-0.05, 0) is 56.5 Å². The van der Waals surface area contributed by atoms with Crippen molar-refractivity contribution < 1.29 is 17.6 Å². The average molecular weight is 413 g/mol. The van der Waals surface area contributed by atoms with Crippen molar-refractivity contribution in [2.45, 2.75) is 38.9 Å². The van der Waals surface area contributed by atoms with Crippen molar-refractivity contribution in [3.05, 3.63) is 71.4 Å². The largest absolute Gasteiger partial charge is 0.441 e. The van der Waals surface area contributed by atoms with Gasteiger partial charge in [-0.3, -0.25) is 9.78 Å². The van der Waals surface area contributed by atoms with Gasteiger partial charge >= 0.3 is 0 Å². The molecule has 0 saturated heterocycles. The molecule has 0 aliphatic heterocycles. The Morgan fingerprint density at radius 3 is 2.41 bits per heavy atom. The molecule has 0 fully saturated rings. The molecule has 6 nitrogen and oxygen atoms in total. The van der Waals surface area contributed by atoms with Gasteiger partial charge in [0.25, 0.3) is 0 Å².